The minimum Gasteiger partial charge on any atom is -0.493 e. The number of ether oxygens (including phenoxy) is 3. The minimum absolute atomic E-state index is 0.0516. The standard InChI is InChI=1S/C29H32FNO5/c1-5-6-13-36-29(33)26-17(2)31-22-14-20(19-9-12-24(34-3)25(16-19)35-4)15-23(32)28(22)27(26)18-7-10-21(30)11-8-18/h7-12,16,20,27,31H,5-6,13-15H2,1-4H3/t20-,27-/m1/s1. The second-order valence-electron chi connectivity index (χ2n) is 9.17. The molecule has 0 bridgehead atoms. The van der Waals surface area contributed by atoms with Crippen molar-refractivity contribution in [3.63, 3.8) is 0 Å². The molecular formula is C29H32FNO5. The van der Waals surface area contributed by atoms with E-state index in [1.165, 1.54) is 12.1 Å². The largest absolute Gasteiger partial charge is 0.493 e. The maximum atomic E-state index is 13.7. The van der Waals surface area contributed by atoms with E-state index in [2.05, 4.69) is 5.32 Å². The summed E-state index contributed by atoms with van der Waals surface area (Å²) in [7, 11) is 3.17. The second-order valence-corrected chi connectivity index (χ2v) is 9.17. The van der Waals surface area contributed by atoms with E-state index in [1.54, 1.807) is 26.4 Å². The number of ketones is 1. The predicted octanol–water partition coefficient (Wildman–Crippen LogP) is 5.55. The Morgan fingerprint density at radius 3 is 2.39 bits per heavy atom. The molecular weight excluding hydrogens is 461 g/mol. The average Bonchev–Trinajstić information content (AvgIpc) is 2.87. The second kappa shape index (κ2) is 11.0. The zero-order chi connectivity index (χ0) is 25.8. The van der Waals surface area contributed by atoms with Gasteiger partial charge in [-0.2, -0.15) is 0 Å². The van der Waals surface area contributed by atoms with E-state index in [0.29, 0.717) is 46.9 Å². The van der Waals surface area contributed by atoms with Crippen LogP contribution in [0.4, 0.5) is 4.39 Å². The number of nitrogens with one attached hydrogen (secondary N) is 1. The van der Waals surface area contributed by atoms with E-state index in [1.807, 2.05) is 32.0 Å². The average molecular weight is 494 g/mol. The molecule has 0 aromatic heterocycles. The number of esters is 1. The van der Waals surface area contributed by atoms with Crippen LogP contribution in [-0.2, 0) is 14.3 Å². The van der Waals surface area contributed by atoms with Gasteiger partial charge in [0.05, 0.1) is 26.4 Å². The van der Waals surface area contributed by atoms with Crippen LogP contribution in [0.5, 0.6) is 11.5 Å². The van der Waals surface area contributed by atoms with Gasteiger partial charge in [-0.25, -0.2) is 9.18 Å². The zero-order valence-corrected chi connectivity index (χ0v) is 21.2. The number of dihydropyridines is 1. The molecule has 1 heterocycles. The molecule has 0 saturated carbocycles. The fraction of sp³-hybridized carbons (Fsp3) is 0.379. The maximum absolute atomic E-state index is 13.7. The molecule has 6 nitrogen and oxygen atoms in total. The molecule has 0 amide bonds. The number of allylic oxidation sites excluding steroid dienone is 3. The number of carbonyl (C=O) groups excluding carboxylic acids is 2. The highest BCUT2D eigenvalue weighted by atomic mass is 19.1. The van der Waals surface area contributed by atoms with Crippen LogP contribution in [-0.4, -0.2) is 32.6 Å². The molecule has 4 rings (SSSR count). The molecule has 0 radical (unpaired) electrons. The van der Waals surface area contributed by atoms with Crippen molar-refractivity contribution >= 4 is 11.8 Å². The number of rotatable bonds is 8. The molecule has 0 spiro atoms. The zero-order valence-electron chi connectivity index (χ0n) is 21.2. The molecule has 1 N–H and O–H groups in total. The van der Waals surface area contributed by atoms with E-state index in [4.69, 9.17) is 14.2 Å². The Labute approximate surface area is 211 Å². The summed E-state index contributed by atoms with van der Waals surface area (Å²) in [6.45, 7) is 4.15. The molecule has 0 fully saturated rings. The third kappa shape index (κ3) is 5.01. The summed E-state index contributed by atoms with van der Waals surface area (Å²) in [5.41, 5.74) is 4.03. The summed E-state index contributed by atoms with van der Waals surface area (Å²) >= 11 is 0. The SMILES string of the molecule is CCCCOC(=O)C1=C(C)NC2=C(C(=O)C[C@H](c3ccc(OC)c(OC)c3)C2)[C@@H]1c1ccc(F)cc1. The summed E-state index contributed by atoms with van der Waals surface area (Å²) in [6.07, 6.45) is 2.53. The maximum Gasteiger partial charge on any atom is 0.336 e. The van der Waals surface area contributed by atoms with E-state index < -0.39 is 11.9 Å². The molecule has 0 unspecified atom stereocenters. The number of halogens is 1. The predicted molar refractivity (Wildman–Crippen MR) is 134 cm³/mol. The van der Waals surface area contributed by atoms with E-state index in [-0.39, 0.29) is 23.9 Å². The van der Waals surface area contributed by atoms with Gasteiger partial charge in [-0.05, 0) is 61.1 Å². The van der Waals surface area contributed by atoms with E-state index in [0.717, 1.165) is 24.1 Å². The van der Waals surface area contributed by atoms with Gasteiger partial charge in [0.25, 0.3) is 0 Å². The van der Waals surface area contributed by atoms with Gasteiger partial charge in [0.2, 0.25) is 0 Å². The van der Waals surface area contributed by atoms with Crippen LogP contribution >= 0.6 is 0 Å². The molecule has 2 aromatic carbocycles. The highest BCUT2D eigenvalue weighted by Crippen LogP contribution is 2.46. The number of hydrogen-bond donors (Lipinski definition) is 1. The van der Waals surface area contributed by atoms with Gasteiger partial charge in [-0.1, -0.05) is 31.5 Å². The number of methoxy groups -OCH3 is 2. The third-order valence-electron chi connectivity index (χ3n) is 6.86. The number of benzene rings is 2. The van der Waals surface area contributed by atoms with Crippen LogP contribution in [0.2, 0.25) is 0 Å². The molecule has 0 saturated heterocycles. The van der Waals surface area contributed by atoms with Gasteiger partial charge in [-0.3, -0.25) is 4.79 Å². The van der Waals surface area contributed by atoms with Gasteiger partial charge < -0.3 is 19.5 Å². The summed E-state index contributed by atoms with van der Waals surface area (Å²) in [4.78, 5) is 26.9. The number of Topliss-reactive ketones (excluding diaryl/α,β-unsaturated/α-hetero) is 1. The lowest BCUT2D eigenvalue weighted by molar-refractivity contribution is -0.139. The summed E-state index contributed by atoms with van der Waals surface area (Å²) in [5.74, 6) is -0.332. The Morgan fingerprint density at radius 2 is 1.72 bits per heavy atom. The van der Waals surface area contributed by atoms with Crippen molar-refractivity contribution in [1.29, 1.82) is 0 Å². The van der Waals surface area contributed by atoms with Crippen LogP contribution in [0.15, 0.2) is 65.0 Å². The number of unbranched alkanes of at least 4 members (excludes halogenated alkanes) is 1. The fourth-order valence-corrected chi connectivity index (χ4v) is 5.03. The van der Waals surface area contributed by atoms with Gasteiger partial charge in [0, 0.05) is 29.3 Å². The van der Waals surface area contributed by atoms with Crippen LogP contribution in [0.25, 0.3) is 0 Å². The van der Waals surface area contributed by atoms with Gasteiger partial charge >= 0.3 is 5.97 Å². The van der Waals surface area contributed by atoms with E-state index >= 15 is 0 Å². The van der Waals surface area contributed by atoms with Gasteiger partial charge in [0.15, 0.2) is 17.3 Å². The Balaban J connectivity index is 1.73. The smallest absolute Gasteiger partial charge is 0.336 e. The Bertz CT molecular complexity index is 1210. The Hall–Kier alpha value is -3.61. The lowest BCUT2D eigenvalue weighted by atomic mass is 9.71. The lowest BCUT2D eigenvalue weighted by Crippen LogP contribution is -2.36. The number of hydrogen-bond acceptors (Lipinski definition) is 6. The van der Waals surface area contributed by atoms with Crippen molar-refractivity contribution < 1.29 is 28.2 Å². The van der Waals surface area contributed by atoms with Crippen molar-refractivity contribution in [2.45, 2.75) is 51.4 Å². The van der Waals surface area contributed by atoms with Crippen LogP contribution in [0.1, 0.15) is 62.5 Å². The highest BCUT2D eigenvalue weighted by molar-refractivity contribution is 6.04. The van der Waals surface area contributed by atoms with Gasteiger partial charge in [-0.15, -0.1) is 0 Å². The Morgan fingerprint density at radius 1 is 1.03 bits per heavy atom. The molecule has 7 heteroatoms. The van der Waals surface area contributed by atoms with Crippen LogP contribution < -0.4 is 14.8 Å². The van der Waals surface area contributed by atoms with Crippen molar-refractivity contribution in [2.75, 3.05) is 20.8 Å². The molecule has 190 valence electrons. The first-order chi connectivity index (χ1) is 17.4. The lowest BCUT2D eigenvalue weighted by Gasteiger charge is -2.36. The van der Waals surface area contributed by atoms with Crippen molar-refractivity contribution in [3.8, 4) is 11.5 Å². The monoisotopic (exact) mass is 493 g/mol. The molecule has 1 aliphatic carbocycles. The summed E-state index contributed by atoms with van der Waals surface area (Å²) < 4.78 is 30.1. The first-order valence-electron chi connectivity index (χ1n) is 12.3. The first kappa shape index (κ1) is 25.5. The molecule has 2 atom stereocenters. The molecule has 1 aliphatic heterocycles. The minimum atomic E-state index is -0.616. The van der Waals surface area contributed by atoms with E-state index in [9.17, 15) is 14.0 Å². The quantitative estimate of drug-likeness (QED) is 0.384. The van der Waals surface area contributed by atoms with Crippen molar-refractivity contribution in [1.82, 2.24) is 5.32 Å². The third-order valence-corrected chi connectivity index (χ3v) is 6.86. The molecule has 36 heavy (non-hydrogen) atoms. The van der Waals surface area contributed by atoms with Gasteiger partial charge in [0.1, 0.15) is 5.82 Å². The highest BCUT2D eigenvalue weighted by Gasteiger charge is 2.41. The van der Waals surface area contributed by atoms with Crippen molar-refractivity contribution in [3.05, 3.63) is 81.9 Å². The summed E-state index contributed by atoms with van der Waals surface area (Å²) in [5, 5.41) is 3.34. The first-order valence-corrected chi connectivity index (χ1v) is 12.3. The van der Waals surface area contributed by atoms with Crippen LogP contribution in [0, 0.1) is 5.82 Å². The number of carbonyl (C=O) groups is 2. The fourth-order valence-electron chi connectivity index (χ4n) is 5.03. The summed E-state index contributed by atoms with van der Waals surface area (Å²) in [6, 6.07) is 11.7. The molecule has 2 aliphatic rings. The van der Waals surface area contributed by atoms with Crippen LogP contribution in [0.3, 0.4) is 0 Å². The Kier molecular flexibility index (Phi) is 7.77. The topological polar surface area (TPSA) is 73.9 Å². The normalized spacial score (nSPS) is 19.5. The molecule has 2 aromatic rings. The van der Waals surface area contributed by atoms with Crippen molar-refractivity contribution in [2.24, 2.45) is 0 Å².